The number of hydrogen-bond donors (Lipinski definition) is 3. The third kappa shape index (κ3) is 8.45. The van der Waals surface area contributed by atoms with E-state index < -0.39 is 39.7 Å². The molecule has 53 heavy (non-hydrogen) atoms. The molecule has 1 spiro atoms. The zero-order chi connectivity index (χ0) is 36.8. The van der Waals surface area contributed by atoms with Gasteiger partial charge in [0.25, 0.3) is 0 Å². The van der Waals surface area contributed by atoms with Crippen molar-refractivity contribution in [2.45, 2.75) is 80.5 Å². The Labute approximate surface area is 312 Å². The number of ether oxygens (including phenoxy) is 1. The molecule has 1 saturated heterocycles. The number of primary amides is 1. The smallest absolute Gasteiger partial charge is 0.249 e. The number of nitrogens with two attached hydrogens (primary N) is 1. The van der Waals surface area contributed by atoms with Crippen molar-refractivity contribution < 1.29 is 23.3 Å². The van der Waals surface area contributed by atoms with E-state index in [0.29, 0.717) is 45.1 Å². The molecule has 10 heteroatoms. The van der Waals surface area contributed by atoms with E-state index in [2.05, 4.69) is 10.3 Å². The predicted molar refractivity (Wildman–Crippen MR) is 207 cm³/mol. The number of fused-ring (bicyclic) bond motifs is 1. The molecule has 3 atom stereocenters. The molecule has 1 aromatic heterocycles. The summed E-state index contributed by atoms with van der Waals surface area (Å²) >= 11 is 0. The van der Waals surface area contributed by atoms with Crippen molar-refractivity contribution in [2.24, 2.45) is 5.73 Å². The fourth-order valence-corrected chi connectivity index (χ4v) is 9.55. The number of amides is 3. The van der Waals surface area contributed by atoms with Gasteiger partial charge in [-0.25, -0.2) is 0 Å². The normalized spacial score (nSPS) is 21.0. The van der Waals surface area contributed by atoms with Crippen LogP contribution in [0.4, 0.5) is 0 Å². The predicted octanol–water partition coefficient (Wildman–Crippen LogP) is 6.11. The molecule has 5 aromatic rings. The van der Waals surface area contributed by atoms with E-state index in [-0.39, 0.29) is 30.0 Å². The van der Waals surface area contributed by atoms with Crippen LogP contribution in [0.15, 0.2) is 121 Å². The number of aromatic nitrogens is 1. The van der Waals surface area contributed by atoms with Crippen LogP contribution in [0.2, 0.25) is 0 Å². The van der Waals surface area contributed by atoms with Crippen LogP contribution in [-0.2, 0) is 42.9 Å². The summed E-state index contributed by atoms with van der Waals surface area (Å²) in [5.41, 5.74) is 9.97. The van der Waals surface area contributed by atoms with Gasteiger partial charge in [0, 0.05) is 46.9 Å². The quantitative estimate of drug-likeness (QED) is 0.135. The summed E-state index contributed by atoms with van der Waals surface area (Å²) in [6.07, 6.45) is 5.47. The van der Waals surface area contributed by atoms with Gasteiger partial charge in [-0.3, -0.25) is 18.6 Å². The Morgan fingerprint density at radius 2 is 1.42 bits per heavy atom. The largest absolute Gasteiger partial charge is 0.368 e. The van der Waals surface area contributed by atoms with Crippen LogP contribution in [-0.4, -0.2) is 61.4 Å². The maximum Gasteiger partial charge on any atom is 0.249 e. The number of para-hydroxylation sites is 1. The van der Waals surface area contributed by atoms with Gasteiger partial charge in [-0.1, -0.05) is 109 Å². The molecule has 3 amide bonds. The van der Waals surface area contributed by atoms with E-state index in [9.17, 15) is 18.6 Å². The first-order chi connectivity index (χ1) is 25.8. The van der Waals surface area contributed by atoms with Gasteiger partial charge in [-0.15, -0.1) is 0 Å². The Morgan fingerprint density at radius 3 is 2.06 bits per heavy atom. The van der Waals surface area contributed by atoms with Crippen molar-refractivity contribution >= 4 is 39.4 Å². The molecule has 1 aliphatic carbocycles. The van der Waals surface area contributed by atoms with Gasteiger partial charge >= 0.3 is 0 Å². The minimum absolute atomic E-state index is 0.0656. The van der Waals surface area contributed by atoms with Crippen LogP contribution in [0.5, 0.6) is 0 Å². The Balaban J connectivity index is 1.01. The second-order valence-corrected chi connectivity index (χ2v) is 15.8. The molecule has 1 saturated carbocycles. The van der Waals surface area contributed by atoms with Crippen LogP contribution in [0.3, 0.4) is 0 Å². The van der Waals surface area contributed by atoms with Crippen LogP contribution >= 0.6 is 0 Å². The molecule has 2 unspecified atom stereocenters. The van der Waals surface area contributed by atoms with Gasteiger partial charge in [-0.2, -0.15) is 0 Å². The molecule has 1 aliphatic heterocycles. The molecular formula is C43H46N4O5S. The summed E-state index contributed by atoms with van der Waals surface area (Å²) in [7, 11) is -1.51. The van der Waals surface area contributed by atoms with Crippen molar-refractivity contribution in [2.75, 3.05) is 5.75 Å². The maximum absolute atomic E-state index is 14.2. The van der Waals surface area contributed by atoms with Crippen molar-refractivity contribution in [3.05, 3.63) is 144 Å². The first kappa shape index (κ1) is 36.3. The molecule has 7 rings (SSSR count). The second kappa shape index (κ2) is 16.3. The highest BCUT2D eigenvalue weighted by atomic mass is 32.2. The number of benzene rings is 4. The fraction of sp³-hybridized carbons (Fsp3) is 0.326. The number of aromatic amines is 1. The zero-order valence-electron chi connectivity index (χ0n) is 29.7. The Bertz CT molecular complexity index is 2010. The van der Waals surface area contributed by atoms with E-state index in [0.717, 1.165) is 33.2 Å². The average Bonchev–Trinajstić information content (AvgIpc) is 3.79. The summed E-state index contributed by atoms with van der Waals surface area (Å²) in [5.74, 6) is -1.16. The highest BCUT2D eigenvalue weighted by Gasteiger charge is 2.46. The number of nitrogens with zero attached hydrogens (tertiary/aromatic N) is 1. The summed E-state index contributed by atoms with van der Waals surface area (Å²) in [6, 6.07) is 36.3. The Morgan fingerprint density at radius 1 is 0.830 bits per heavy atom. The topological polar surface area (TPSA) is 135 Å². The lowest BCUT2D eigenvalue weighted by atomic mass is 9.79. The maximum atomic E-state index is 14.2. The van der Waals surface area contributed by atoms with Gasteiger partial charge in [-0.05, 0) is 66.8 Å². The van der Waals surface area contributed by atoms with Crippen molar-refractivity contribution in [3.63, 3.8) is 0 Å². The number of carbonyl (C=O) groups is 3. The van der Waals surface area contributed by atoms with E-state index in [1.807, 2.05) is 126 Å². The highest BCUT2D eigenvalue weighted by molar-refractivity contribution is 7.86. The van der Waals surface area contributed by atoms with Crippen molar-refractivity contribution in [1.29, 1.82) is 0 Å². The van der Waals surface area contributed by atoms with Crippen LogP contribution < -0.4 is 11.1 Å². The second-order valence-electron chi connectivity index (χ2n) is 14.3. The van der Waals surface area contributed by atoms with E-state index >= 15 is 0 Å². The van der Waals surface area contributed by atoms with Crippen LogP contribution in [0.25, 0.3) is 10.9 Å². The lowest BCUT2D eigenvalue weighted by Gasteiger charge is -2.41. The summed E-state index contributed by atoms with van der Waals surface area (Å²) in [5, 5.41) is 3.42. The average molecular weight is 731 g/mol. The zero-order valence-corrected chi connectivity index (χ0v) is 30.5. The van der Waals surface area contributed by atoms with Gasteiger partial charge in [0.1, 0.15) is 17.9 Å². The number of H-pyrrole nitrogens is 1. The molecule has 4 aromatic carbocycles. The monoisotopic (exact) mass is 730 g/mol. The van der Waals surface area contributed by atoms with Crippen LogP contribution in [0.1, 0.15) is 66.0 Å². The van der Waals surface area contributed by atoms with Gasteiger partial charge in [0.05, 0.1) is 10.9 Å². The Hall–Kier alpha value is -5.06. The first-order valence-corrected chi connectivity index (χ1v) is 19.8. The van der Waals surface area contributed by atoms with E-state index in [4.69, 9.17) is 10.5 Å². The van der Waals surface area contributed by atoms with E-state index in [1.54, 1.807) is 0 Å². The molecular weight excluding hydrogens is 685 g/mol. The molecule has 0 bridgehead atoms. The first-order valence-electron chi connectivity index (χ1n) is 18.4. The Kier molecular flexibility index (Phi) is 11.2. The molecule has 0 radical (unpaired) electrons. The minimum Gasteiger partial charge on any atom is -0.368 e. The van der Waals surface area contributed by atoms with Crippen molar-refractivity contribution in [3.8, 4) is 0 Å². The van der Waals surface area contributed by atoms with Gasteiger partial charge < -0.3 is 25.7 Å². The molecule has 274 valence electrons. The van der Waals surface area contributed by atoms with E-state index in [1.165, 1.54) is 0 Å². The standard InChI is InChI=1S/C43H46N4O5S/c44-41(49)37(26-33-27-45-36-19-11-10-18-35(33)36)46-42(50)38-22-25-43(52-38)23-20-34(21-24-43)47(28-30-12-4-1-5-13-30)39(48)29-53(51)40(31-14-6-2-7-15-31)32-16-8-3-9-17-32/h1-19,27,34,37-38,40,45H,20-26,28-29H2,(H2,44,49)(H,46,50)/t34?,37-,38?,43?,53?/m1/s1. The summed E-state index contributed by atoms with van der Waals surface area (Å²) in [4.78, 5) is 45.3. The summed E-state index contributed by atoms with van der Waals surface area (Å²) < 4.78 is 20.7. The third-order valence-corrected chi connectivity index (χ3v) is 12.5. The van der Waals surface area contributed by atoms with Gasteiger partial charge in [0.2, 0.25) is 17.7 Å². The molecule has 2 fully saturated rings. The lowest BCUT2D eigenvalue weighted by Crippen LogP contribution is -2.50. The number of nitrogens with one attached hydrogen (secondary N) is 2. The SMILES string of the molecule is NC(=O)[C@@H](Cc1c[nH]c2ccccc12)NC(=O)C1CCC2(CCC(N(Cc3ccccc3)C(=O)CS(=O)C(c3ccccc3)c3ccccc3)CC2)O1. The third-order valence-electron chi connectivity index (χ3n) is 10.9. The number of hydrogen-bond acceptors (Lipinski definition) is 5. The molecule has 9 nitrogen and oxygen atoms in total. The number of rotatable bonds is 13. The van der Waals surface area contributed by atoms with Gasteiger partial charge in [0.15, 0.2) is 0 Å². The fourth-order valence-electron chi connectivity index (χ4n) is 8.06. The molecule has 2 heterocycles. The molecule has 2 aliphatic rings. The lowest BCUT2D eigenvalue weighted by molar-refractivity contribution is -0.144. The van der Waals surface area contributed by atoms with Crippen LogP contribution in [0, 0.1) is 0 Å². The number of carbonyl (C=O) groups excluding carboxylic acids is 3. The van der Waals surface area contributed by atoms with Crippen molar-refractivity contribution in [1.82, 2.24) is 15.2 Å². The summed E-state index contributed by atoms with van der Waals surface area (Å²) in [6.45, 7) is 0.423. The highest BCUT2D eigenvalue weighted by Crippen LogP contribution is 2.43. The minimum atomic E-state index is -1.51. The molecule has 4 N–H and O–H groups in total.